The first-order valence-electron chi connectivity index (χ1n) is 45.3. The summed E-state index contributed by atoms with van der Waals surface area (Å²) in [7, 11) is -1.31. The number of methoxy groups -OCH3 is 2. The number of phosphoric acid groups is 1. The van der Waals surface area contributed by atoms with E-state index in [1.165, 1.54) is 52.3 Å². The zero-order valence-corrected chi connectivity index (χ0v) is 81.7. The quantitative estimate of drug-likeness (QED) is 0.0177. The number of urea groups is 1. The van der Waals surface area contributed by atoms with Crippen molar-refractivity contribution in [1.29, 1.82) is 0 Å². The van der Waals surface area contributed by atoms with E-state index in [2.05, 4.69) is 47.9 Å². The molecule has 0 aliphatic carbocycles. The Morgan fingerprint density at radius 3 is 1.79 bits per heavy atom. The molecule has 2 aromatic rings. The molecule has 16 N–H and O–H groups in total. The van der Waals surface area contributed by atoms with Crippen LogP contribution in [0.25, 0.3) is 0 Å². The van der Waals surface area contributed by atoms with Crippen LogP contribution >= 0.6 is 15.4 Å². The van der Waals surface area contributed by atoms with Gasteiger partial charge in [-0.25, -0.2) is 14.2 Å². The highest BCUT2D eigenvalue weighted by Gasteiger charge is 2.47. The number of esters is 2. The Morgan fingerprint density at radius 1 is 0.632 bits per heavy atom. The number of rotatable bonds is 63. The number of ether oxygens (including phenoxy) is 8. The molecule has 46 nitrogen and oxygen atoms in total. The molecule has 3 aliphatic rings. The van der Waals surface area contributed by atoms with E-state index < -0.39 is 235 Å². The molecule has 48 heteroatoms. The Balaban J connectivity index is 1.16. The Labute approximate surface area is 791 Å². The summed E-state index contributed by atoms with van der Waals surface area (Å²) in [6.07, 6.45) is -7.35. The molecule has 4 unspecified atom stereocenters. The van der Waals surface area contributed by atoms with Crippen LogP contribution in [0.2, 0.25) is 0 Å². The van der Waals surface area contributed by atoms with Crippen molar-refractivity contribution < 1.29 is 153 Å². The van der Waals surface area contributed by atoms with E-state index in [4.69, 9.17) is 62.5 Å². The number of likely N-dealkylation sites (N-methyl/N-ethyl adjacent to an activating group) is 2. The van der Waals surface area contributed by atoms with Crippen molar-refractivity contribution in [1.82, 2.24) is 62.1 Å². The summed E-state index contributed by atoms with van der Waals surface area (Å²) < 4.78 is 80.8. The topological polar surface area (TPSA) is 631 Å². The molecule has 0 radical (unpaired) electrons. The Kier molecular flexibility index (Phi) is 49.8. The third-order valence-electron chi connectivity index (χ3n) is 23.0. The summed E-state index contributed by atoms with van der Waals surface area (Å²) in [5.74, 6) is -12.8. The SMILES string of the molecule is CC[C@H](C)[C@@H]([C@@H](CC(=O)N1CCC[C@H]1[C@H](OC)[C@@H](C)C(=O)N[C@H](C)[C@@H](OP(=O)(O)OCc1ccc(NC(=O)[C@H](CCCNC(N)=O)NC(=O)[C@@H](NC(=O)[C@H](CC(=O)OCC2OC(=O)C(O)C2O)NC(=O)CCOCCOCCOCCOCCNC(=O)[C@H](CNC(=O)CCP(=O)(O)O)N2C(=O)C=CC2=O)C(C)C)cc1)c1ccccc1)OC)N(C)C(=O)[C@@H](NC(=O)[C@H](C(C)C)N(C)C)C(C)C. The van der Waals surface area contributed by atoms with Gasteiger partial charge in [-0.05, 0) is 93.6 Å². The highest BCUT2D eigenvalue weighted by Crippen LogP contribution is 2.50. The van der Waals surface area contributed by atoms with E-state index in [0.29, 0.717) is 41.8 Å². The van der Waals surface area contributed by atoms with Gasteiger partial charge in [-0.3, -0.25) is 85.7 Å². The van der Waals surface area contributed by atoms with Crippen LogP contribution in [0.1, 0.15) is 144 Å². The number of amides is 14. The second kappa shape index (κ2) is 58.1. The van der Waals surface area contributed by atoms with Crippen LogP contribution < -0.4 is 53.6 Å². The normalized spacial score (nSPS) is 18.9. The zero-order chi connectivity index (χ0) is 101. The number of nitrogens with zero attached hydrogens (tertiary/aromatic N) is 4. The van der Waals surface area contributed by atoms with Gasteiger partial charge >= 0.3 is 33.4 Å². The van der Waals surface area contributed by atoms with E-state index in [1.54, 1.807) is 61.0 Å². The molecule has 2 saturated heterocycles. The summed E-state index contributed by atoms with van der Waals surface area (Å²) in [6, 6.07) is 3.54. The highest BCUT2D eigenvalue weighted by molar-refractivity contribution is 7.51. The number of imide groups is 1. The summed E-state index contributed by atoms with van der Waals surface area (Å²) in [5.41, 5.74) is 6.15. The molecular weight excluding hydrogens is 1830 g/mol. The van der Waals surface area contributed by atoms with Crippen LogP contribution in [-0.2, 0) is 130 Å². The Hall–Kier alpha value is -9.87. The van der Waals surface area contributed by atoms with Gasteiger partial charge < -0.3 is 126 Å². The van der Waals surface area contributed by atoms with Gasteiger partial charge in [0.05, 0.1) is 121 Å². The predicted molar refractivity (Wildman–Crippen MR) is 488 cm³/mol. The number of cyclic esters (lactones) is 1. The number of aliphatic hydroxyl groups excluding tert-OH is 2. The minimum Gasteiger partial charge on any atom is -0.462 e. The van der Waals surface area contributed by atoms with E-state index >= 15 is 0 Å². The summed E-state index contributed by atoms with van der Waals surface area (Å²) in [6.45, 7) is 16.3. The van der Waals surface area contributed by atoms with Crippen LogP contribution in [0, 0.1) is 29.6 Å². The fraction of sp³-hybridized carbons (Fsp3) is 0.670. The van der Waals surface area contributed by atoms with E-state index in [9.17, 15) is 96.2 Å². The molecule has 136 heavy (non-hydrogen) atoms. The van der Waals surface area contributed by atoms with Gasteiger partial charge in [0.1, 0.15) is 49.0 Å². The molecule has 0 saturated carbocycles. The van der Waals surface area contributed by atoms with Crippen LogP contribution in [0.15, 0.2) is 66.7 Å². The minimum absolute atomic E-state index is 0.0286. The maximum atomic E-state index is 14.7. The van der Waals surface area contributed by atoms with Crippen LogP contribution in [0.4, 0.5) is 10.5 Å². The molecule has 5 rings (SSSR count). The third kappa shape index (κ3) is 38.5. The van der Waals surface area contributed by atoms with Gasteiger partial charge in [0.25, 0.3) is 11.8 Å². The van der Waals surface area contributed by atoms with Crippen molar-refractivity contribution in [2.75, 3.05) is 132 Å². The fourth-order valence-electron chi connectivity index (χ4n) is 15.5. The highest BCUT2D eigenvalue weighted by atomic mass is 31.2. The second-order valence-corrected chi connectivity index (χ2v) is 37.8. The van der Waals surface area contributed by atoms with Gasteiger partial charge in [0, 0.05) is 78.1 Å². The standard InChI is InChI=1S/C88H140N14O32P2/c1-16-54(8)75(100(13)86(117)73(52(4)5)98-85(116)74(53(6)7)99(11)12)64(125-14)47-70(107)101-36-21-25-62(101)78(126-15)55(9)80(111)93-56(10)79(58-22-18-17-19-23-58)134-136(123,124)132-49-57-26-28-59(29-27-57)94-81(112)60(24-20-34-91-88(89)119)96-84(115)72(51(2)3)97-82(113)61(46-71(108)131-50-65-76(109)77(110)87(118)133-65)95-67(104)32-37-127-39-41-129-43-44-130-42-40-128-38-35-90-83(114)63(102-68(105)30-31-69(102)106)48-92-66(103)33-45-135(120,121)122/h17-19,22-23,26-31,51-56,60-65,72-79,109-110H,16,20-21,24-25,32-50H2,1-15H3,(H,90,114)(H,92,103)(H,93,111)(H,94,112)(H,95,104)(H,96,115)(H,97,113)(H,98,116)(H,123,124)(H3,89,91,119)(H2,120,121,122)/t54-,55+,56+,60-,61-,62-,63-,64+,65?,72-,73-,74-,75-,76?,77?,78+,79+/m0/s1. The number of phosphoric ester groups is 1. The molecule has 14 amide bonds. The maximum Gasteiger partial charge on any atom is 0.473 e. The average molecular weight is 1970 g/mol. The molecule has 0 spiro atoms. The third-order valence-corrected chi connectivity index (χ3v) is 24.7. The lowest BCUT2D eigenvalue weighted by atomic mass is 9.89. The lowest BCUT2D eigenvalue weighted by Gasteiger charge is -2.41. The maximum absolute atomic E-state index is 14.7. The predicted octanol–water partition coefficient (Wildman–Crippen LogP) is -0.158. The number of nitrogens with one attached hydrogen (secondary N) is 9. The molecule has 2 fully saturated rings. The van der Waals surface area contributed by atoms with Gasteiger partial charge in [0.2, 0.25) is 59.1 Å². The number of anilines is 1. The summed E-state index contributed by atoms with van der Waals surface area (Å²) >= 11 is 0. The first kappa shape index (κ1) is 117. The van der Waals surface area contributed by atoms with Crippen molar-refractivity contribution in [2.45, 2.75) is 225 Å². The first-order chi connectivity index (χ1) is 64.1. The molecule has 764 valence electrons. The van der Waals surface area contributed by atoms with Gasteiger partial charge in [-0.15, -0.1) is 0 Å². The number of hydrogen-bond acceptors (Lipinski definition) is 30. The number of likely N-dealkylation sites (tertiary alicyclic amines) is 1. The largest absolute Gasteiger partial charge is 0.473 e. The fourth-order valence-corrected chi connectivity index (χ4v) is 17.0. The van der Waals surface area contributed by atoms with Crippen molar-refractivity contribution >= 4 is 110 Å². The molecule has 0 bridgehead atoms. The van der Waals surface area contributed by atoms with Crippen molar-refractivity contribution in [2.24, 2.45) is 35.3 Å². The Morgan fingerprint density at radius 2 is 1.24 bits per heavy atom. The van der Waals surface area contributed by atoms with Gasteiger partial charge in [-0.1, -0.05) is 111 Å². The van der Waals surface area contributed by atoms with Crippen LogP contribution in [0.3, 0.4) is 0 Å². The van der Waals surface area contributed by atoms with Crippen molar-refractivity contribution in [3.05, 3.63) is 77.9 Å². The smallest absolute Gasteiger partial charge is 0.462 e. The Bertz CT molecular complexity index is 4370. The number of nitrogens with two attached hydrogens (primary N) is 1. The van der Waals surface area contributed by atoms with Crippen molar-refractivity contribution in [3.8, 4) is 0 Å². The molecule has 18 atom stereocenters. The van der Waals surface area contributed by atoms with Crippen LogP contribution in [0.5, 0.6) is 0 Å². The monoisotopic (exact) mass is 1970 g/mol. The molecule has 0 aromatic heterocycles. The average Bonchev–Trinajstić information content (AvgIpc) is 1.69. The lowest BCUT2D eigenvalue weighted by molar-refractivity contribution is -0.156. The minimum atomic E-state index is -5.04. The number of aliphatic hydroxyl groups is 2. The number of carbonyl (C=O) groups excluding carboxylic acids is 15. The summed E-state index contributed by atoms with van der Waals surface area (Å²) in [5, 5.41) is 43.6. The number of carbonyl (C=O) groups is 15. The number of hydrogen-bond donors (Lipinski definition) is 15. The van der Waals surface area contributed by atoms with E-state index in [-0.39, 0.29) is 126 Å². The molecule has 3 heterocycles. The van der Waals surface area contributed by atoms with Crippen LogP contribution in [-0.4, -0.2) is 345 Å². The lowest BCUT2D eigenvalue weighted by Crippen LogP contribution is -2.59. The number of primary amides is 1. The van der Waals surface area contributed by atoms with Gasteiger partial charge in [0.15, 0.2) is 12.2 Å². The van der Waals surface area contributed by atoms with E-state index in [0.717, 1.165) is 12.2 Å². The van der Waals surface area contributed by atoms with Crippen molar-refractivity contribution in [3.63, 3.8) is 0 Å². The second-order valence-electron chi connectivity index (χ2n) is 34.6. The first-order valence-corrected chi connectivity index (χ1v) is 48.6. The number of benzene rings is 2. The van der Waals surface area contributed by atoms with Gasteiger partial charge in [-0.2, -0.15) is 0 Å². The zero-order valence-electron chi connectivity index (χ0n) is 79.9. The summed E-state index contributed by atoms with van der Waals surface area (Å²) in [4.78, 5) is 236. The molecular formula is C88H140N14O32P2. The van der Waals surface area contributed by atoms with E-state index in [1.807, 2.05) is 60.5 Å². The molecule has 3 aliphatic heterocycles. The molecule has 2 aromatic carbocycles.